The molecule has 21 heavy (non-hydrogen) atoms. The summed E-state index contributed by atoms with van der Waals surface area (Å²) in [4.78, 5) is 10.8. The van der Waals surface area contributed by atoms with Gasteiger partial charge in [0, 0.05) is 26.2 Å². The summed E-state index contributed by atoms with van der Waals surface area (Å²) in [6.45, 7) is 6.12. The Morgan fingerprint density at radius 3 is 2.76 bits per heavy atom. The molecule has 0 spiro atoms. The molecule has 4 nitrogen and oxygen atoms in total. The van der Waals surface area contributed by atoms with Gasteiger partial charge in [0.25, 0.3) is 0 Å². The predicted octanol–water partition coefficient (Wildman–Crippen LogP) is 3.63. The fraction of sp³-hybridized carbons (Fsp3) is 0.412. The zero-order valence-electron chi connectivity index (χ0n) is 13.1. The average Bonchev–Trinajstić information content (AvgIpc) is 2.52. The monoisotopic (exact) mass is 284 g/mol. The number of nitrogens with one attached hydrogen (secondary N) is 1. The summed E-state index contributed by atoms with van der Waals surface area (Å²) in [6.07, 6.45) is 3.98. The van der Waals surface area contributed by atoms with Crippen molar-refractivity contribution in [2.45, 2.75) is 33.2 Å². The van der Waals surface area contributed by atoms with Crippen LogP contribution in [0.2, 0.25) is 0 Å². The van der Waals surface area contributed by atoms with Gasteiger partial charge in [-0.25, -0.2) is 9.97 Å². The summed E-state index contributed by atoms with van der Waals surface area (Å²) in [5, 5.41) is 3.38. The first kappa shape index (κ1) is 15.3. The van der Waals surface area contributed by atoms with Gasteiger partial charge < -0.3 is 10.2 Å². The fourth-order valence-corrected chi connectivity index (χ4v) is 2.16. The van der Waals surface area contributed by atoms with E-state index in [2.05, 4.69) is 65.3 Å². The third kappa shape index (κ3) is 4.45. The molecule has 0 aliphatic carbocycles. The number of benzene rings is 1. The van der Waals surface area contributed by atoms with Gasteiger partial charge >= 0.3 is 0 Å². The largest absolute Gasteiger partial charge is 0.366 e. The van der Waals surface area contributed by atoms with Gasteiger partial charge in [0.2, 0.25) is 0 Å². The maximum absolute atomic E-state index is 4.34. The highest BCUT2D eigenvalue weighted by molar-refractivity contribution is 5.48. The van der Waals surface area contributed by atoms with Crippen LogP contribution in [0, 0.1) is 6.92 Å². The Kier molecular flexibility index (Phi) is 5.55. The molecule has 1 aromatic carbocycles. The minimum Gasteiger partial charge on any atom is -0.366 e. The molecule has 0 unspecified atom stereocenters. The summed E-state index contributed by atoms with van der Waals surface area (Å²) in [7, 11) is 2.07. The summed E-state index contributed by atoms with van der Waals surface area (Å²) in [5.41, 5.74) is 2.58. The topological polar surface area (TPSA) is 41.0 Å². The van der Waals surface area contributed by atoms with Gasteiger partial charge in [-0.15, -0.1) is 0 Å². The lowest BCUT2D eigenvalue weighted by Crippen LogP contribution is -2.19. The van der Waals surface area contributed by atoms with Crippen molar-refractivity contribution >= 4 is 11.6 Å². The quantitative estimate of drug-likeness (QED) is 0.843. The number of unbranched alkanes of at least 4 members (excludes halogenated alkanes) is 1. The van der Waals surface area contributed by atoms with Gasteiger partial charge in [-0.2, -0.15) is 0 Å². The second kappa shape index (κ2) is 7.62. The van der Waals surface area contributed by atoms with Gasteiger partial charge in [-0.3, -0.25) is 0 Å². The minimum atomic E-state index is 0.780. The molecule has 0 aliphatic rings. The van der Waals surface area contributed by atoms with Crippen molar-refractivity contribution in [1.29, 1.82) is 0 Å². The van der Waals surface area contributed by atoms with E-state index in [4.69, 9.17) is 0 Å². The van der Waals surface area contributed by atoms with E-state index in [0.717, 1.165) is 24.7 Å². The smallest absolute Gasteiger partial charge is 0.133 e. The summed E-state index contributed by atoms with van der Waals surface area (Å²) >= 11 is 0. The van der Waals surface area contributed by atoms with E-state index >= 15 is 0 Å². The SMILES string of the molecule is CCCCN(C)c1cc(NCc2ccccc2C)ncn1. The van der Waals surface area contributed by atoms with E-state index in [0.29, 0.717) is 0 Å². The number of rotatable bonds is 7. The van der Waals surface area contributed by atoms with Crippen molar-refractivity contribution in [2.75, 3.05) is 23.8 Å². The molecule has 1 N–H and O–H groups in total. The van der Waals surface area contributed by atoms with E-state index < -0.39 is 0 Å². The second-order valence-electron chi connectivity index (χ2n) is 5.32. The minimum absolute atomic E-state index is 0.780. The molecule has 0 aliphatic heterocycles. The third-order valence-corrected chi connectivity index (χ3v) is 3.61. The van der Waals surface area contributed by atoms with Crippen molar-refractivity contribution in [3.8, 4) is 0 Å². The Morgan fingerprint density at radius 2 is 2.00 bits per heavy atom. The summed E-state index contributed by atoms with van der Waals surface area (Å²) in [6, 6.07) is 10.4. The standard InChI is InChI=1S/C17H24N4/c1-4-5-10-21(3)17-11-16(19-13-20-17)18-12-15-9-7-6-8-14(15)2/h6-9,11,13H,4-5,10,12H2,1-3H3,(H,18,19,20). The lowest BCUT2D eigenvalue weighted by molar-refractivity contribution is 0.758. The Morgan fingerprint density at radius 1 is 1.19 bits per heavy atom. The molecule has 112 valence electrons. The number of nitrogens with zero attached hydrogens (tertiary/aromatic N) is 3. The van der Waals surface area contributed by atoms with Crippen LogP contribution in [0.5, 0.6) is 0 Å². The summed E-state index contributed by atoms with van der Waals surface area (Å²) in [5.74, 6) is 1.83. The molecule has 1 aromatic heterocycles. The lowest BCUT2D eigenvalue weighted by atomic mass is 10.1. The first-order valence-corrected chi connectivity index (χ1v) is 7.52. The van der Waals surface area contributed by atoms with Gasteiger partial charge in [-0.1, -0.05) is 37.6 Å². The van der Waals surface area contributed by atoms with Crippen LogP contribution in [0.1, 0.15) is 30.9 Å². The van der Waals surface area contributed by atoms with E-state index in [9.17, 15) is 0 Å². The van der Waals surface area contributed by atoms with Crippen LogP contribution in [0.15, 0.2) is 36.7 Å². The molecule has 2 rings (SSSR count). The van der Waals surface area contributed by atoms with Crippen molar-refractivity contribution < 1.29 is 0 Å². The van der Waals surface area contributed by atoms with Crippen molar-refractivity contribution in [2.24, 2.45) is 0 Å². The van der Waals surface area contributed by atoms with Crippen LogP contribution in [-0.2, 0) is 6.54 Å². The average molecular weight is 284 g/mol. The maximum atomic E-state index is 4.34. The van der Waals surface area contributed by atoms with Gasteiger partial charge in [-0.05, 0) is 24.5 Å². The first-order chi connectivity index (χ1) is 10.2. The van der Waals surface area contributed by atoms with Crippen molar-refractivity contribution in [3.05, 3.63) is 47.8 Å². The molecule has 0 saturated heterocycles. The Hall–Kier alpha value is -2.10. The molecular formula is C17H24N4. The highest BCUT2D eigenvalue weighted by Gasteiger charge is 2.04. The highest BCUT2D eigenvalue weighted by atomic mass is 15.2. The Bertz CT molecular complexity index is 568. The van der Waals surface area contributed by atoms with Crippen molar-refractivity contribution in [3.63, 3.8) is 0 Å². The molecule has 4 heteroatoms. The lowest BCUT2D eigenvalue weighted by Gasteiger charge is -2.18. The van der Waals surface area contributed by atoms with Gasteiger partial charge in [0.05, 0.1) is 0 Å². The Balaban J connectivity index is 1.99. The molecule has 0 atom stereocenters. The normalized spacial score (nSPS) is 10.4. The van der Waals surface area contributed by atoms with Crippen LogP contribution < -0.4 is 10.2 Å². The van der Waals surface area contributed by atoms with E-state index in [1.54, 1.807) is 6.33 Å². The molecule has 0 saturated carbocycles. The first-order valence-electron chi connectivity index (χ1n) is 7.52. The molecule has 0 radical (unpaired) electrons. The molecule has 2 aromatic rings. The zero-order valence-corrected chi connectivity index (χ0v) is 13.1. The van der Waals surface area contributed by atoms with E-state index in [1.807, 2.05) is 6.07 Å². The molecule has 1 heterocycles. The number of anilines is 2. The maximum Gasteiger partial charge on any atom is 0.133 e. The van der Waals surface area contributed by atoms with Crippen LogP contribution in [0.25, 0.3) is 0 Å². The van der Waals surface area contributed by atoms with Crippen LogP contribution in [0.4, 0.5) is 11.6 Å². The Labute approximate surface area is 127 Å². The number of aryl methyl sites for hydroxylation is 1. The number of hydrogen-bond acceptors (Lipinski definition) is 4. The van der Waals surface area contributed by atoms with Crippen LogP contribution in [0.3, 0.4) is 0 Å². The van der Waals surface area contributed by atoms with Crippen LogP contribution in [-0.4, -0.2) is 23.6 Å². The molecule has 0 amide bonds. The number of hydrogen-bond donors (Lipinski definition) is 1. The fourth-order valence-electron chi connectivity index (χ4n) is 2.16. The third-order valence-electron chi connectivity index (χ3n) is 3.61. The second-order valence-corrected chi connectivity index (χ2v) is 5.32. The van der Waals surface area contributed by atoms with Gasteiger partial charge in [0.1, 0.15) is 18.0 Å². The van der Waals surface area contributed by atoms with Crippen LogP contribution >= 0.6 is 0 Å². The number of aromatic nitrogens is 2. The molecular weight excluding hydrogens is 260 g/mol. The highest BCUT2D eigenvalue weighted by Crippen LogP contribution is 2.15. The zero-order chi connectivity index (χ0) is 15.1. The molecule has 0 bridgehead atoms. The van der Waals surface area contributed by atoms with E-state index in [-0.39, 0.29) is 0 Å². The summed E-state index contributed by atoms with van der Waals surface area (Å²) < 4.78 is 0. The predicted molar refractivity (Wildman–Crippen MR) is 88.7 cm³/mol. The van der Waals surface area contributed by atoms with Crippen molar-refractivity contribution in [1.82, 2.24) is 9.97 Å². The molecule has 0 fully saturated rings. The van der Waals surface area contributed by atoms with E-state index in [1.165, 1.54) is 24.0 Å². The van der Waals surface area contributed by atoms with Gasteiger partial charge in [0.15, 0.2) is 0 Å².